The number of hydrogen-bond donors (Lipinski definition) is 1. The molecule has 4 saturated carbocycles. The first-order valence-corrected chi connectivity index (χ1v) is 9.00. The van der Waals surface area contributed by atoms with Gasteiger partial charge in [-0.05, 0) is 85.8 Å². The molecule has 1 unspecified atom stereocenters. The van der Waals surface area contributed by atoms with Crippen molar-refractivity contribution in [3.8, 4) is 0 Å². The van der Waals surface area contributed by atoms with Crippen LogP contribution in [-0.4, -0.2) is 6.04 Å². The highest BCUT2D eigenvalue weighted by Gasteiger charge is 2.53. The average molecular weight is 324 g/mol. The Morgan fingerprint density at radius 3 is 1.95 bits per heavy atom. The van der Waals surface area contributed by atoms with Crippen LogP contribution in [0.1, 0.15) is 44.1 Å². The fourth-order valence-corrected chi connectivity index (χ4v) is 6.35. The maximum Gasteiger partial charge on any atom is 0.0453 e. The van der Waals surface area contributed by atoms with Crippen LogP contribution in [0, 0.1) is 23.2 Å². The molecule has 0 spiro atoms. The van der Waals surface area contributed by atoms with Gasteiger partial charge in [0.15, 0.2) is 0 Å². The largest absolute Gasteiger partial charge is 0.327 e. The third kappa shape index (κ3) is 2.42. The van der Waals surface area contributed by atoms with Gasteiger partial charge in [-0.25, -0.2) is 0 Å². The molecule has 1 aromatic carbocycles. The standard InChI is InChI=1S/C18H23Cl2N/c19-15-2-1-3-16(20)14(15)7-17(21)18-8-11-4-12(9-18)6-13(5-11)10-18/h1-3,11-13,17H,4-10,21H2. The van der Waals surface area contributed by atoms with Crippen LogP contribution in [0.4, 0.5) is 0 Å². The fraction of sp³-hybridized carbons (Fsp3) is 0.667. The van der Waals surface area contributed by atoms with Gasteiger partial charge in [0.25, 0.3) is 0 Å². The van der Waals surface area contributed by atoms with Gasteiger partial charge in [0.1, 0.15) is 0 Å². The zero-order chi connectivity index (χ0) is 14.6. The number of hydrogen-bond acceptors (Lipinski definition) is 1. The van der Waals surface area contributed by atoms with Crippen molar-refractivity contribution in [3.05, 3.63) is 33.8 Å². The smallest absolute Gasteiger partial charge is 0.0453 e. The van der Waals surface area contributed by atoms with Crippen molar-refractivity contribution < 1.29 is 0 Å². The number of halogens is 2. The van der Waals surface area contributed by atoms with E-state index in [9.17, 15) is 0 Å². The minimum Gasteiger partial charge on any atom is -0.327 e. The van der Waals surface area contributed by atoms with Crippen LogP contribution < -0.4 is 5.73 Å². The van der Waals surface area contributed by atoms with E-state index in [4.69, 9.17) is 28.9 Å². The number of nitrogens with two attached hydrogens (primary N) is 1. The zero-order valence-electron chi connectivity index (χ0n) is 12.3. The molecular weight excluding hydrogens is 301 g/mol. The molecule has 0 aromatic heterocycles. The summed E-state index contributed by atoms with van der Waals surface area (Å²) >= 11 is 12.7. The molecule has 3 heteroatoms. The van der Waals surface area contributed by atoms with E-state index in [1.807, 2.05) is 18.2 Å². The summed E-state index contributed by atoms with van der Waals surface area (Å²) in [6, 6.07) is 5.96. The Kier molecular flexibility index (Phi) is 3.52. The van der Waals surface area contributed by atoms with Gasteiger partial charge in [-0.1, -0.05) is 29.3 Å². The van der Waals surface area contributed by atoms with Crippen LogP contribution in [0.15, 0.2) is 18.2 Å². The van der Waals surface area contributed by atoms with Gasteiger partial charge < -0.3 is 5.73 Å². The fourth-order valence-electron chi connectivity index (χ4n) is 5.80. The Morgan fingerprint density at radius 2 is 1.48 bits per heavy atom. The lowest BCUT2D eigenvalue weighted by Gasteiger charge is -2.59. The number of benzene rings is 1. The van der Waals surface area contributed by atoms with Crippen molar-refractivity contribution >= 4 is 23.2 Å². The van der Waals surface area contributed by atoms with E-state index >= 15 is 0 Å². The highest BCUT2D eigenvalue weighted by atomic mass is 35.5. The zero-order valence-corrected chi connectivity index (χ0v) is 13.8. The molecule has 5 rings (SSSR count). The molecule has 0 aliphatic heterocycles. The van der Waals surface area contributed by atoms with Crippen molar-refractivity contribution in [1.82, 2.24) is 0 Å². The molecule has 4 aliphatic rings. The molecule has 1 aromatic rings. The van der Waals surface area contributed by atoms with Gasteiger partial charge in [0.2, 0.25) is 0 Å². The minimum atomic E-state index is 0.197. The normalized spacial score (nSPS) is 38.7. The first kappa shape index (κ1) is 14.4. The van der Waals surface area contributed by atoms with Crippen LogP contribution in [-0.2, 0) is 6.42 Å². The molecule has 0 radical (unpaired) electrons. The van der Waals surface area contributed by atoms with Gasteiger partial charge in [-0.15, -0.1) is 0 Å². The predicted octanol–water partition coefficient (Wildman–Crippen LogP) is 5.08. The summed E-state index contributed by atoms with van der Waals surface area (Å²) in [4.78, 5) is 0. The summed E-state index contributed by atoms with van der Waals surface area (Å²) in [6.45, 7) is 0. The van der Waals surface area contributed by atoms with Gasteiger partial charge in [-0.2, -0.15) is 0 Å². The molecule has 1 atom stereocenters. The molecule has 4 bridgehead atoms. The maximum absolute atomic E-state index is 6.73. The predicted molar refractivity (Wildman–Crippen MR) is 88.7 cm³/mol. The van der Waals surface area contributed by atoms with Gasteiger partial charge in [-0.3, -0.25) is 0 Å². The van der Waals surface area contributed by atoms with Gasteiger partial charge in [0.05, 0.1) is 0 Å². The third-order valence-electron chi connectivity index (χ3n) is 6.36. The second-order valence-corrected chi connectivity index (χ2v) is 8.61. The van der Waals surface area contributed by atoms with E-state index in [2.05, 4.69) is 0 Å². The lowest BCUT2D eigenvalue weighted by molar-refractivity contribution is -0.0667. The van der Waals surface area contributed by atoms with Crippen molar-refractivity contribution in [2.75, 3.05) is 0 Å². The topological polar surface area (TPSA) is 26.0 Å². The summed E-state index contributed by atoms with van der Waals surface area (Å²) in [7, 11) is 0. The van der Waals surface area contributed by atoms with Crippen LogP contribution in [0.2, 0.25) is 10.0 Å². The van der Waals surface area contributed by atoms with E-state index in [0.717, 1.165) is 39.8 Å². The molecule has 114 valence electrons. The molecule has 2 N–H and O–H groups in total. The van der Waals surface area contributed by atoms with Crippen LogP contribution in [0.25, 0.3) is 0 Å². The van der Waals surface area contributed by atoms with E-state index in [-0.39, 0.29) is 6.04 Å². The van der Waals surface area contributed by atoms with Crippen molar-refractivity contribution in [1.29, 1.82) is 0 Å². The average Bonchev–Trinajstić information content (AvgIpc) is 2.41. The van der Waals surface area contributed by atoms with Crippen molar-refractivity contribution in [2.24, 2.45) is 28.9 Å². The highest BCUT2D eigenvalue weighted by molar-refractivity contribution is 6.36. The molecule has 4 aliphatic carbocycles. The summed E-state index contributed by atoms with van der Waals surface area (Å²) in [5.74, 6) is 2.80. The van der Waals surface area contributed by atoms with E-state index < -0.39 is 0 Å². The van der Waals surface area contributed by atoms with Crippen LogP contribution >= 0.6 is 23.2 Å². The quantitative estimate of drug-likeness (QED) is 0.824. The molecule has 1 nitrogen and oxygen atoms in total. The maximum atomic E-state index is 6.73. The van der Waals surface area contributed by atoms with E-state index in [0.29, 0.717) is 5.41 Å². The van der Waals surface area contributed by atoms with Gasteiger partial charge >= 0.3 is 0 Å². The second kappa shape index (κ2) is 5.15. The summed E-state index contributed by atoms with van der Waals surface area (Å²) in [5, 5.41) is 1.53. The summed E-state index contributed by atoms with van der Waals surface area (Å²) in [5.41, 5.74) is 8.13. The Labute approximate surface area is 137 Å². The molecule has 4 fully saturated rings. The molecule has 0 saturated heterocycles. The first-order valence-electron chi connectivity index (χ1n) is 8.24. The van der Waals surface area contributed by atoms with Gasteiger partial charge in [0, 0.05) is 16.1 Å². The summed E-state index contributed by atoms with van der Waals surface area (Å²) in [6.07, 6.45) is 9.20. The Hall–Kier alpha value is -0.240. The highest BCUT2D eigenvalue weighted by Crippen LogP contribution is 2.61. The first-order chi connectivity index (χ1) is 10.1. The Morgan fingerprint density at radius 1 is 1.00 bits per heavy atom. The van der Waals surface area contributed by atoms with E-state index in [1.54, 1.807) is 0 Å². The van der Waals surface area contributed by atoms with Crippen molar-refractivity contribution in [2.45, 2.75) is 51.0 Å². The molecule has 0 heterocycles. The minimum absolute atomic E-state index is 0.197. The number of rotatable bonds is 3. The molecule has 21 heavy (non-hydrogen) atoms. The second-order valence-electron chi connectivity index (χ2n) is 7.79. The monoisotopic (exact) mass is 323 g/mol. The van der Waals surface area contributed by atoms with E-state index in [1.165, 1.54) is 38.5 Å². The lowest BCUT2D eigenvalue weighted by Crippen LogP contribution is -2.55. The summed E-state index contributed by atoms with van der Waals surface area (Å²) < 4.78 is 0. The Bertz CT molecular complexity index is 499. The third-order valence-corrected chi connectivity index (χ3v) is 7.07. The lowest BCUT2D eigenvalue weighted by atomic mass is 9.47. The SMILES string of the molecule is NC(Cc1c(Cl)cccc1Cl)C12CC3CC(CC(C3)C1)C2. The molecule has 0 amide bonds. The van der Waals surface area contributed by atoms with Crippen LogP contribution in [0.3, 0.4) is 0 Å². The molecular formula is C18H23Cl2N. The Balaban J connectivity index is 1.59. The van der Waals surface area contributed by atoms with Crippen molar-refractivity contribution in [3.63, 3.8) is 0 Å². The van der Waals surface area contributed by atoms with Crippen LogP contribution in [0.5, 0.6) is 0 Å².